The summed E-state index contributed by atoms with van der Waals surface area (Å²) in [6.45, 7) is 2.60. The first-order valence-corrected chi connectivity index (χ1v) is 8.42. The van der Waals surface area contributed by atoms with Crippen LogP contribution in [0.5, 0.6) is 5.75 Å². The van der Waals surface area contributed by atoms with E-state index in [4.69, 9.17) is 21.1 Å². The number of hydrogen-bond acceptors (Lipinski definition) is 7. The highest BCUT2D eigenvalue weighted by Crippen LogP contribution is 2.33. The lowest BCUT2D eigenvalue weighted by Gasteiger charge is -2.19. The molecule has 0 saturated heterocycles. The van der Waals surface area contributed by atoms with Crippen molar-refractivity contribution in [2.24, 2.45) is 5.10 Å². The van der Waals surface area contributed by atoms with Crippen molar-refractivity contribution >= 4 is 35.1 Å². The third kappa shape index (κ3) is 3.94. The third-order valence-corrected chi connectivity index (χ3v) is 4.11. The third-order valence-electron chi connectivity index (χ3n) is 3.78. The van der Waals surface area contributed by atoms with Crippen LogP contribution in [0, 0.1) is 10.1 Å². The lowest BCUT2D eigenvalue weighted by atomic mass is 10.1. The Bertz CT molecular complexity index is 989. The SMILES string of the molecule is CC(=O)Oc1ccc(C2OC(c3cc([N+](=O)[O-])ccc3Cl)=NN2C(C)=O)cc1. The lowest BCUT2D eigenvalue weighted by Crippen LogP contribution is -2.25. The predicted octanol–water partition coefficient (Wildman–Crippen LogP) is 3.41. The molecule has 1 aliphatic heterocycles. The summed E-state index contributed by atoms with van der Waals surface area (Å²) in [5, 5.41) is 16.5. The van der Waals surface area contributed by atoms with Gasteiger partial charge in [-0.15, -0.1) is 5.10 Å². The minimum atomic E-state index is -0.894. The van der Waals surface area contributed by atoms with Crippen molar-refractivity contribution in [1.82, 2.24) is 5.01 Å². The van der Waals surface area contributed by atoms with E-state index in [1.54, 1.807) is 24.3 Å². The van der Waals surface area contributed by atoms with Gasteiger partial charge >= 0.3 is 5.97 Å². The fourth-order valence-corrected chi connectivity index (χ4v) is 2.75. The number of hydrogen-bond donors (Lipinski definition) is 0. The van der Waals surface area contributed by atoms with Crippen LogP contribution >= 0.6 is 11.6 Å². The minimum absolute atomic E-state index is 0.0158. The molecule has 28 heavy (non-hydrogen) atoms. The Balaban J connectivity index is 1.93. The van der Waals surface area contributed by atoms with E-state index in [1.807, 2.05) is 0 Å². The Morgan fingerprint density at radius 1 is 1.21 bits per heavy atom. The van der Waals surface area contributed by atoms with E-state index in [-0.39, 0.29) is 22.2 Å². The Kier molecular flexibility index (Phi) is 5.27. The monoisotopic (exact) mass is 403 g/mol. The van der Waals surface area contributed by atoms with Gasteiger partial charge in [0.05, 0.1) is 15.5 Å². The zero-order chi connectivity index (χ0) is 20.4. The molecule has 10 heteroatoms. The topological polar surface area (TPSA) is 111 Å². The Morgan fingerprint density at radius 2 is 1.89 bits per heavy atom. The zero-order valence-corrected chi connectivity index (χ0v) is 15.5. The molecule has 0 aromatic heterocycles. The molecule has 1 aliphatic rings. The summed E-state index contributed by atoms with van der Waals surface area (Å²) in [4.78, 5) is 33.5. The number of rotatable bonds is 4. The van der Waals surface area contributed by atoms with E-state index in [1.165, 1.54) is 32.0 Å². The average Bonchev–Trinajstić information content (AvgIpc) is 3.07. The normalized spacial score (nSPS) is 15.6. The molecule has 1 amide bonds. The number of halogens is 1. The fourth-order valence-electron chi connectivity index (χ4n) is 2.55. The molecule has 0 bridgehead atoms. The molecule has 0 saturated carbocycles. The van der Waals surface area contributed by atoms with E-state index in [2.05, 4.69) is 5.10 Å². The molecule has 144 valence electrons. The van der Waals surface area contributed by atoms with Crippen LogP contribution in [0.2, 0.25) is 5.02 Å². The quantitative estimate of drug-likeness (QED) is 0.334. The van der Waals surface area contributed by atoms with Crippen LogP contribution in [0.4, 0.5) is 5.69 Å². The van der Waals surface area contributed by atoms with Crippen molar-refractivity contribution in [2.45, 2.75) is 20.1 Å². The largest absolute Gasteiger partial charge is 0.446 e. The summed E-state index contributed by atoms with van der Waals surface area (Å²) >= 11 is 6.14. The lowest BCUT2D eigenvalue weighted by molar-refractivity contribution is -0.384. The number of non-ortho nitro benzene ring substituents is 1. The summed E-state index contributed by atoms with van der Waals surface area (Å²) in [5.74, 6) is -0.531. The number of carbonyl (C=O) groups is 2. The minimum Gasteiger partial charge on any atom is -0.446 e. The van der Waals surface area contributed by atoms with Crippen LogP contribution in [0.15, 0.2) is 47.6 Å². The van der Waals surface area contributed by atoms with E-state index in [0.29, 0.717) is 11.3 Å². The molecule has 0 fully saturated rings. The number of amides is 1. The molecular formula is C18H14ClN3O6. The summed E-state index contributed by atoms with van der Waals surface area (Å²) in [7, 11) is 0. The van der Waals surface area contributed by atoms with Crippen molar-refractivity contribution in [3.8, 4) is 5.75 Å². The molecule has 0 aliphatic carbocycles. The Labute approximate surface area is 164 Å². The first kappa shape index (κ1) is 19.3. The second kappa shape index (κ2) is 7.65. The van der Waals surface area contributed by atoms with Crippen LogP contribution < -0.4 is 4.74 Å². The van der Waals surface area contributed by atoms with Crippen molar-refractivity contribution < 1.29 is 24.0 Å². The number of hydrazone groups is 1. The highest BCUT2D eigenvalue weighted by molar-refractivity contribution is 6.34. The van der Waals surface area contributed by atoms with Gasteiger partial charge in [-0.25, -0.2) is 0 Å². The van der Waals surface area contributed by atoms with E-state index >= 15 is 0 Å². The van der Waals surface area contributed by atoms with Crippen LogP contribution in [0.3, 0.4) is 0 Å². The number of nitrogens with zero attached hydrogens (tertiary/aromatic N) is 3. The maximum absolute atomic E-state index is 12.0. The molecule has 2 aromatic rings. The van der Waals surface area contributed by atoms with Gasteiger partial charge in [0.25, 0.3) is 5.69 Å². The van der Waals surface area contributed by atoms with Gasteiger partial charge < -0.3 is 9.47 Å². The van der Waals surface area contributed by atoms with Crippen molar-refractivity contribution in [3.63, 3.8) is 0 Å². The average molecular weight is 404 g/mol. The van der Waals surface area contributed by atoms with Crippen molar-refractivity contribution in [2.75, 3.05) is 0 Å². The molecular weight excluding hydrogens is 390 g/mol. The molecule has 1 heterocycles. The van der Waals surface area contributed by atoms with Gasteiger partial charge in [0.2, 0.25) is 18.0 Å². The summed E-state index contributed by atoms with van der Waals surface area (Å²) in [6.07, 6.45) is -0.894. The molecule has 2 aromatic carbocycles. The highest BCUT2D eigenvalue weighted by Gasteiger charge is 2.34. The maximum Gasteiger partial charge on any atom is 0.308 e. The number of carbonyl (C=O) groups excluding carboxylic acids is 2. The molecule has 9 nitrogen and oxygen atoms in total. The molecule has 0 N–H and O–H groups in total. The summed E-state index contributed by atoms with van der Waals surface area (Å²) in [6, 6.07) is 10.2. The van der Waals surface area contributed by atoms with Gasteiger partial charge in [0.1, 0.15) is 5.75 Å². The second-order valence-corrected chi connectivity index (χ2v) is 6.23. The molecule has 0 radical (unpaired) electrons. The van der Waals surface area contributed by atoms with Crippen LogP contribution in [0.1, 0.15) is 31.2 Å². The summed E-state index contributed by atoms with van der Waals surface area (Å²) < 4.78 is 10.8. The number of esters is 1. The van der Waals surface area contributed by atoms with Gasteiger partial charge in [0, 0.05) is 31.5 Å². The Hall–Kier alpha value is -3.46. The van der Waals surface area contributed by atoms with Crippen molar-refractivity contribution in [3.05, 3.63) is 68.7 Å². The number of nitro benzene ring substituents is 1. The zero-order valence-electron chi connectivity index (χ0n) is 14.8. The number of benzene rings is 2. The molecule has 3 rings (SSSR count). The van der Waals surface area contributed by atoms with E-state index in [0.717, 1.165) is 5.01 Å². The maximum atomic E-state index is 12.0. The first-order chi connectivity index (χ1) is 13.3. The van der Waals surface area contributed by atoms with Crippen LogP contribution in [-0.2, 0) is 14.3 Å². The van der Waals surface area contributed by atoms with Gasteiger partial charge in [-0.1, -0.05) is 11.6 Å². The van der Waals surface area contributed by atoms with E-state index < -0.39 is 23.0 Å². The van der Waals surface area contributed by atoms with Gasteiger partial charge in [0.15, 0.2) is 0 Å². The number of nitro groups is 1. The standard InChI is InChI=1S/C18H14ClN3O6/c1-10(23)21-18(12-3-6-14(7-4-12)27-11(2)24)28-17(20-21)15-9-13(22(25)26)5-8-16(15)19/h3-9,18H,1-2H3. The van der Waals surface area contributed by atoms with Crippen LogP contribution in [0.25, 0.3) is 0 Å². The highest BCUT2D eigenvalue weighted by atomic mass is 35.5. The summed E-state index contributed by atoms with van der Waals surface area (Å²) in [5.41, 5.74) is 0.571. The fraction of sp³-hybridized carbons (Fsp3) is 0.167. The van der Waals surface area contributed by atoms with Gasteiger partial charge in [-0.3, -0.25) is 19.7 Å². The smallest absolute Gasteiger partial charge is 0.308 e. The van der Waals surface area contributed by atoms with Crippen molar-refractivity contribution in [1.29, 1.82) is 0 Å². The molecule has 0 spiro atoms. The molecule has 1 unspecified atom stereocenters. The first-order valence-electron chi connectivity index (χ1n) is 8.04. The predicted molar refractivity (Wildman–Crippen MR) is 98.7 cm³/mol. The van der Waals surface area contributed by atoms with E-state index in [9.17, 15) is 19.7 Å². The second-order valence-electron chi connectivity index (χ2n) is 5.82. The van der Waals surface area contributed by atoms with Gasteiger partial charge in [-0.2, -0.15) is 5.01 Å². The van der Waals surface area contributed by atoms with Crippen LogP contribution in [-0.4, -0.2) is 27.7 Å². The Morgan fingerprint density at radius 3 is 2.46 bits per heavy atom. The molecule has 1 atom stereocenters. The number of ether oxygens (including phenoxy) is 2. The van der Waals surface area contributed by atoms with Gasteiger partial charge in [-0.05, 0) is 30.3 Å².